The second-order valence-electron chi connectivity index (χ2n) is 9.13. The summed E-state index contributed by atoms with van der Waals surface area (Å²) >= 11 is 0. The van der Waals surface area contributed by atoms with Crippen LogP contribution >= 0.6 is 0 Å². The van der Waals surface area contributed by atoms with Gasteiger partial charge in [-0.15, -0.1) is 0 Å². The van der Waals surface area contributed by atoms with Gasteiger partial charge in [-0.1, -0.05) is 82.0 Å². The van der Waals surface area contributed by atoms with E-state index >= 15 is 0 Å². The zero-order valence-corrected chi connectivity index (χ0v) is 17.8. The van der Waals surface area contributed by atoms with Gasteiger partial charge in [0, 0.05) is 0 Å². The van der Waals surface area contributed by atoms with Crippen LogP contribution in [-0.2, 0) is 6.42 Å². The van der Waals surface area contributed by atoms with Crippen molar-refractivity contribution in [2.75, 3.05) is 0 Å². The molecule has 0 spiro atoms. The van der Waals surface area contributed by atoms with Gasteiger partial charge < -0.3 is 0 Å². The van der Waals surface area contributed by atoms with Gasteiger partial charge in [0.15, 0.2) is 0 Å². The largest absolute Gasteiger partial charge is 0.0999 e. The molecule has 0 nitrogen and oxygen atoms in total. The Morgan fingerprint density at radius 3 is 2.30 bits per heavy atom. The van der Waals surface area contributed by atoms with E-state index in [2.05, 4.69) is 50.8 Å². The third-order valence-electron chi connectivity index (χ3n) is 7.30. The zero-order chi connectivity index (χ0) is 19.1. The van der Waals surface area contributed by atoms with E-state index < -0.39 is 0 Å². The first-order valence-electron chi connectivity index (χ1n) is 11.6. The molecule has 2 aliphatic rings. The van der Waals surface area contributed by atoms with Crippen LogP contribution in [0, 0.1) is 17.8 Å². The van der Waals surface area contributed by atoms with E-state index in [1.807, 2.05) is 0 Å². The number of hydrogen-bond donors (Lipinski definition) is 0. The predicted octanol–water partition coefficient (Wildman–Crippen LogP) is 8.38. The van der Waals surface area contributed by atoms with Crippen LogP contribution in [0.25, 0.3) is 5.57 Å². The van der Waals surface area contributed by atoms with E-state index in [1.165, 1.54) is 74.5 Å². The zero-order valence-electron chi connectivity index (χ0n) is 17.8. The van der Waals surface area contributed by atoms with E-state index in [1.54, 1.807) is 5.57 Å². The van der Waals surface area contributed by atoms with Crippen molar-refractivity contribution in [1.29, 1.82) is 0 Å². The van der Waals surface area contributed by atoms with Crippen molar-refractivity contribution in [2.24, 2.45) is 17.8 Å². The predicted molar refractivity (Wildman–Crippen MR) is 120 cm³/mol. The number of hydrogen-bond acceptors (Lipinski definition) is 0. The first-order valence-corrected chi connectivity index (χ1v) is 11.6. The van der Waals surface area contributed by atoms with E-state index in [0.29, 0.717) is 0 Å². The molecule has 0 heterocycles. The molecule has 1 unspecified atom stereocenters. The van der Waals surface area contributed by atoms with E-state index in [0.717, 1.165) is 37.0 Å². The highest BCUT2D eigenvalue weighted by atomic mass is 14.3. The van der Waals surface area contributed by atoms with Gasteiger partial charge in [-0.05, 0) is 85.8 Å². The molecule has 3 rings (SSSR count). The summed E-state index contributed by atoms with van der Waals surface area (Å²) in [6.45, 7) is 8.67. The van der Waals surface area contributed by atoms with Crippen molar-refractivity contribution in [2.45, 2.75) is 90.9 Å². The maximum atomic E-state index is 4.13. The topological polar surface area (TPSA) is 0 Å². The molecule has 0 saturated heterocycles. The molecule has 2 aliphatic carbocycles. The average Bonchev–Trinajstić information content (AvgIpc) is 2.73. The van der Waals surface area contributed by atoms with E-state index in [4.69, 9.17) is 0 Å². The lowest BCUT2D eigenvalue weighted by molar-refractivity contribution is 0.189. The summed E-state index contributed by atoms with van der Waals surface area (Å²) in [5, 5.41) is 0. The lowest BCUT2D eigenvalue weighted by atomic mass is 9.70. The summed E-state index contributed by atoms with van der Waals surface area (Å²) < 4.78 is 0. The van der Waals surface area contributed by atoms with Crippen LogP contribution in [0.5, 0.6) is 0 Å². The van der Waals surface area contributed by atoms with Crippen LogP contribution in [-0.4, -0.2) is 0 Å². The maximum absolute atomic E-state index is 4.13. The molecule has 27 heavy (non-hydrogen) atoms. The van der Waals surface area contributed by atoms with Gasteiger partial charge in [0.2, 0.25) is 0 Å². The third kappa shape index (κ3) is 5.84. The summed E-state index contributed by atoms with van der Waals surface area (Å²) in [4.78, 5) is 0. The summed E-state index contributed by atoms with van der Waals surface area (Å²) in [5.74, 6) is 2.99. The summed E-state index contributed by atoms with van der Waals surface area (Å²) in [6, 6.07) is 9.37. The Morgan fingerprint density at radius 2 is 1.70 bits per heavy atom. The molecule has 0 aliphatic heterocycles. The Labute approximate surface area is 168 Å². The Bertz CT molecular complexity index is 610. The Morgan fingerprint density at radius 1 is 0.963 bits per heavy atom. The number of allylic oxidation sites excluding steroid dienone is 3. The molecule has 0 aromatic heterocycles. The minimum atomic E-state index is 0.954. The van der Waals surface area contributed by atoms with Gasteiger partial charge in [-0.3, -0.25) is 0 Å². The summed E-state index contributed by atoms with van der Waals surface area (Å²) in [6.07, 6.45) is 18.8. The monoisotopic (exact) mass is 364 g/mol. The number of rotatable bonds is 8. The molecule has 1 fully saturated rings. The highest BCUT2D eigenvalue weighted by molar-refractivity contribution is 5.66. The first-order chi connectivity index (χ1) is 13.2. The SMILES string of the molecule is C=C(CC)CCc1ccc(C2=CCC(C3CCC(CCC)CC3)CC2)cc1. The highest BCUT2D eigenvalue weighted by Gasteiger charge is 2.28. The Kier molecular flexibility index (Phi) is 7.80. The molecule has 1 aromatic carbocycles. The molecule has 0 N–H and O–H groups in total. The fourth-order valence-electron chi connectivity index (χ4n) is 5.28. The summed E-state index contributed by atoms with van der Waals surface area (Å²) in [5.41, 5.74) is 5.86. The van der Waals surface area contributed by atoms with Crippen molar-refractivity contribution in [1.82, 2.24) is 0 Å². The molecule has 1 saturated carbocycles. The van der Waals surface area contributed by atoms with Gasteiger partial charge in [0.1, 0.15) is 0 Å². The van der Waals surface area contributed by atoms with Crippen LogP contribution in [0.15, 0.2) is 42.5 Å². The first kappa shape index (κ1) is 20.4. The lowest BCUT2D eigenvalue weighted by Gasteiger charge is -2.35. The van der Waals surface area contributed by atoms with Crippen molar-refractivity contribution in [3.8, 4) is 0 Å². The highest BCUT2D eigenvalue weighted by Crippen LogP contribution is 2.42. The molecular weight excluding hydrogens is 324 g/mol. The Hall–Kier alpha value is -1.30. The van der Waals surface area contributed by atoms with Gasteiger partial charge in [0.25, 0.3) is 0 Å². The van der Waals surface area contributed by atoms with Crippen molar-refractivity contribution >= 4 is 5.57 Å². The molecule has 148 valence electrons. The second-order valence-corrected chi connectivity index (χ2v) is 9.13. The molecule has 0 amide bonds. The van der Waals surface area contributed by atoms with Gasteiger partial charge in [-0.25, -0.2) is 0 Å². The smallest absolute Gasteiger partial charge is 0.0228 e. The molecular formula is C27H40. The standard InChI is InChI=1S/C27H40/c1-4-6-22-9-13-24(14-10-22)26-17-19-27(20-18-26)25-15-11-23(12-16-25)8-7-21(3)5-2/h11-12,15-16,19,22,24,26H,3-10,13-14,17-18,20H2,1-2H3. The molecule has 0 radical (unpaired) electrons. The molecule has 1 atom stereocenters. The maximum Gasteiger partial charge on any atom is -0.0228 e. The third-order valence-corrected chi connectivity index (χ3v) is 7.30. The normalized spacial score (nSPS) is 25.9. The fraction of sp³-hybridized carbons (Fsp3) is 0.630. The minimum absolute atomic E-state index is 0.954. The van der Waals surface area contributed by atoms with Crippen LogP contribution in [0.2, 0.25) is 0 Å². The minimum Gasteiger partial charge on any atom is -0.0999 e. The molecule has 1 aromatic rings. The molecule has 0 heteroatoms. The van der Waals surface area contributed by atoms with E-state index in [9.17, 15) is 0 Å². The fourth-order valence-corrected chi connectivity index (χ4v) is 5.28. The van der Waals surface area contributed by atoms with Gasteiger partial charge >= 0.3 is 0 Å². The summed E-state index contributed by atoms with van der Waals surface area (Å²) in [7, 11) is 0. The average molecular weight is 365 g/mol. The van der Waals surface area contributed by atoms with Crippen LogP contribution in [0.4, 0.5) is 0 Å². The Balaban J connectivity index is 1.49. The van der Waals surface area contributed by atoms with E-state index in [-0.39, 0.29) is 0 Å². The van der Waals surface area contributed by atoms with Crippen molar-refractivity contribution in [3.63, 3.8) is 0 Å². The van der Waals surface area contributed by atoms with Crippen molar-refractivity contribution < 1.29 is 0 Å². The van der Waals surface area contributed by atoms with Crippen molar-refractivity contribution in [3.05, 3.63) is 53.6 Å². The molecule has 0 bridgehead atoms. The number of aryl methyl sites for hydroxylation is 1. The second kappa shape index (κ2) is 10.3. The van der Waals surface area contributed by atoms with Gasteiger partial charge in [-0.2, -0.15) is 0 Å². The van der Waals surface area contributed by atoms with Gasteiger partial charge in [0.05, 0.1) is 0 Å². The van der Waals surface area contributed by atoms with Crippen LogP contribution < -0.4 is 0 Å². The number of benzene rings is 1. The lowest BCUT2D eigenvalue weighted by Crippen LogP contribution is -2.23. The van der Waals surface area contributed by atoms with Crippen LogP contribution in [0.1, 0.15) is 95.6 Å². The quantitative estimate of drug-likeness (QED) is 0.406. The van der Waals surface area contributed by atoms with Crippen LogP contribution in [0.3, 0.4) is 0 Å².